The number of nitrogen functional groups attached to an aromatic ring is 1. The van der Waals surface area contributed by atoms with E-state index < -0.39 is 0 Å². The Morgan fingerprint density at radius 1 is 1.03 bits per heavy atom. The molecule has 0 bridgehead atoms. The van der Waals surface area contributed by atoms with Crippen molar-refractivity contribution in [2.75, 3.05) is 11.1 Å². The highest BCUT2D eigenvalue weighted by Crippen LogP contribution is 2.24. The average molecular weight is 412 g/mol. The monoisotopic (exact) mass is 412 g/mol. The molecule has 0 aromatic carbocycles. The first-order chi connectivity index (χ1) is 15.2. The van der Waals surface area contributed by atoms with E-state index in [1.54, 1.807) is 29.5 Å². The number of aryl methyl sites for hydroxylation is 1. The van der Waals surface area contributed by atoms with Gasteiger partial charge in [-0.3, -0.25) is 0 Å². The molecule has 0 aliphatic heterocycles. The summed E-state index contributed by atoms with van der Waals surface area (Å²) in [4.78, 5) is 22.6. The molecule has 0 aliphatic carbocycles. The Labute approximate surface area is 177 Å². The van der Waals surface area contributed by atoms with Crippen molar-refractivity contribution in [1.29, 1.82) is 0 Å². The maximum absolute atomic E-state index is 5.72. The van der Waals surface area contributed by atoms with Crippen molar-refractivity contribution in [2.24, 2.45) is 0 Å². The number of rotatable bonds is 6. The summed E-state index contributed by atoms with van der Waals surface area (Å²) in [5.41, 5.74) is 8.99. The largest absolute Gasteiger partial charge is 0.384 e. The van der Waals surface area contributed by atoms with Gasteiger partial charge in [0.15, 0.2) is 23.1 Å². The second kappa shape index (κ2) is 7.82. The van der Waals surface area contributed by atoms with Crippen LogP contribution in [0.3, 0.4) is 0 Å². The van der Waals surface area contributed by atoms with Crippen LogP contribution in [0.4, 0.5) is 11.6 Å². The van der Waals surface area contributed by atoms with Crippen LogP contribution in [0.15, 0.2) is 61.4 Å². The first-order valence-electron chi connectivity index (χ1n) is 9.85. The molecular formula is C21H20N10. The Morgan fingerprint density at radius 2 is 1.97 bits per heavy atom. The molecule has 0 atom stereocenters. The summed E-state index contributed by atoms with van der Waals surface area (Å²) >= 11 is 0. The third-order valence-corrected chi connectivity index (χ3v) is 4.86. The van der Waals surface area contributed by atoms with Crippen molar-refractivity contribution in [3.05, 3.63) is 67.0 Å². The van der Waals surface area contributed by atoms with Gasteiger partial charge in [-0.25, -0.2) is 29.6 Å². The molecular weight excluding hydrogens is 392 g/mol. The van der Waals surface area contributed by atoms with Gasteiger partial charge in [0, 0.05) is 43.4 Å². The number of anilines is 2. The lowest BCUT2D eigenvalue weighted by Crippen LogP contribution is -2.06. The van der Waals surface area contributed by atoms with Gasteiger partial charge in [-0.1, -0.05) is 6.07 Å². The van der Waals surface area contributed by atoms with Crippen LogP contribution < -0.4 is 11.1 Å². The highest BCUT2D eigenvalue weighted by atomic mass is 15.3. The zero-order chi connectivity index (χ0) is 21.2. The first kappa shape index (κ1) is 18.7. The maximum atomic E-state index is 5.72. The molecule has 0 amide bonds. The van der Waals surface area contributed by atoms with Gasteiger partial charge in [-0.15, -0.1) is 0 Å². The molecule has 3 N–H and O–H groups in total. The molecule has 5 heterocycles. The molecule has 5 rings (SSSR count). The quantitative estimate of drug-likeness (QED) is 0.436. The summed E-state index contributed by atoms with van der Waals surface area (Å²) in [7, 11) is 0. The van der Waals surface area contributed by atoms with Gasteiger partial charge < -0.3 is 15.6 Å². The number of imidazole rings is 1. The third-order valence-electron chi connectivity index (χ3n) is 4.86. The fraction of sp³-hybridized carbons (Fsp3) is 0.143. The number of nitrogens with zero attached hydrogens (tertiary/aromatic N) is 8. The van der Waals surface area contributed by atoms with E-state index in [4.69, 9.17) is 15.7 Å². The molecule has 154 valence electrons. The Hall–Kier alpha value is -4.34. The molecule has 0 unspecified atom stereocenters. The van der Waals surface area contributed by atoms with Gasteiger partial charge >= 0.3 is 0 Å². The molecule has 0 spiro atoms. The maximum Gasteiger partial charge on any atom is 0.166 e. The number of hydrogen-bond acceptors (Lipinski definition) is 8. The fourth-order valence-corrected chi connectivity index (χ4v) is 3.21. The van der Waals surface area contributed by atoms with Crippen molar-refractivity contribution in [2.45, 2.75) is 20.0 Å². The Balaban J connectivity index is 1.45. The van der Waals surface area contributed by atoms with Crippen LogP contribution in [0.1, 0.15) is 12.5 Å². The van der Waals surface area contributed by atoms with Crippen LogP contribution in [0, 0.1) is 0 Å². The highest BCUT2D eigenvalue weighted by Gasteiger charge is 2.14. The molecule has 31 heavy (non-hydrogen) atoms. The van der Waals surface area contributed by atoms with Crippen molar-refractivity contribution in [3.8, 4) is 17.2 Å². The molecule has 10 nitrogen and oxygen atoms in total. The number of aromatic nitrogens is 8. The summed E-state index contributed by atoms with van der Waals surface area (Å²) in [6, 6.07) is 9.39. The van der Waals surface area contributed by atoms with E-state index in [9.17, 15) is 0 Å². The van der Waals surface area contributed by atoms with Crippen LogP contribution in [-0.4, -0.2) is 39.3 Å². The summed E-state index contributed by atoms with van der Waals surface area (Å²) in [6.45, 7) is 3.34. The minimum atomic E-state index is 0.452. The molecule has 0 radical (unpaired) electrons. The SMILES string of the molecule is CCn1cnc2c(NCc3ccc(-n4cccn4)nc3)nc(-c3ccc(N)nc3)nc21. The smallest absolute Gasteiger partial charge is 0.166 e. The van der Waals surface area contributed by atoms with Gasteiger partial charge in [0.05, 0.1) is 6.33 Å². The van der Waals surface area contributed by atoms with Crippen LogP contribution in [0.2, 0.25) is 0 Å². The number of nitrogens with one attached hydrogen (secondary N) is 1. The van der Waals surface area contributed by atoms with Crippen molar-refractivity contribution >= 4 is 22.8 Å². The minimum absolute atomic E-state index is 0.452. The van der Waals surface area contributed by atoms with E-state index in [1.807, 2.05) is 48.1 Å². The molecule has 0 fully saturated rings. The number of fused-ring (bicyclic) bond motifs is 1. The number of hydrogen-bond donors (Lipinski definition) is 2. The molecule has 0 saturated carbocycles. The highest BCUT2D eigenvalue weighted by molar-refractivity contribution is 5.85. The van der Waals surface area contributed by atoms with E-state index >= 15 is 0 Å². The Bertz CT molecular complexity index is 1310. The normalized spacial score (nSPS) is 11.1. The number of nitrogens with two attached hydrogens (primary N) is 1. The van der Waals surface area contributed by atoms with Gasteiger partial charge in [0.2, 0.25) is 0 Å². The second-order valence-electron chi connectivity index (χ2n) is 6.90. The second-order valence-corrected chi connectivity index (χ2v) is 6.90. The lowest BCUT2D eigenvalue weighted by Gasteiger charge is -2.10. The topological polar surface area (TPSA) is 125 Å². The van der Waals surface area contributed by atoms with Gasteiger partial charge in [-0.05, 0) is 36.8 Å². The summed E-state index contributed by atoms with van der Waals surface area (Å²) in [5, 5.41) is 7.58. The molecule has 5 aromatic rings. The molecule has 0 saturated heterocycles. The summed E-state index contributed by atoms with van der Waals surface area (Å²) in [5.74, 6) is 2.43. The lowest BCUT2D eigenvalue weighted by atomic mass is 10.2. The third kappa shape index (κ3) is 3.66. The van der Waals surface area contributed by atoms with E-state index in [1.165, 1.54) is 0 Å². The van der Waals surface area contributed by atoms with Gasteiger partial charge in [0.25, 0.3) is 0 Å². The lowest BCUT2D eigenvalue weighted by molar-refractivity contribution is 0.777. The average Bonchev–Trinajstić information content (AvgIpc) is 3.48. The van der Waals surface area contributed by atoms with E-state index in [-0.39, 0.29) is 0 Å². The van der Waals surface area contributed by atoms with E-state index in [0.29, 0.717) is 24.0 Å². The Morgan fingerprint density at radius 3 is 2.68 bits per heavy atom. The number of pyridine rings is 2. The van der Waals surface area contributed by atoms with E-state index in [2.05, 4.69) is 25.4 Å². The van der Waals surface area contributed by atoms with Crippen LogP contribution in [0.5, 0.6) is 0 Å². The van der Waals surface area contributed by atoms with Crippen molar-refractivity contribution in [1.82, 2.24) is 39.3 Å². The zero-order valence-corrected chi connectivity index (χ0v) is 16.8. The standard InChI is InChI=1S/C21H20N10/c1-2-30-13-26-18-20(28-19(29-21(18)30)15-5-6-16(22)23-12-15)25-11-14-4-7-17(24-10-14)31-9-3-8-27-31/h3-10,12-13H,2,11H2,1H3,(H2,22,23)(H,25,28,29). The first-order valence-corrected chi connectivity index (χ1v) is 9.85. The molecule has 0 aliphatic rings. The summed E-state index contributed by atoms with van der Waals surface area (Å²) in [6.07, 6.45) is 8.84. The zero-order valence-electron chi connectivity index (χ0n) is 16.8. The van der Waals surface area contributed by atoms with Crippen molar-refractivity contribution < 1.29 is 0 Å². The minimum Gasteiger partial charge on any atom is -0.384 e. The van der Waals surface area contributed by atoms with Crippen molar-refractivity contribution in [3.63, 3.8) is 0 Å². The molecule has 10 heteroatoms. The predicted molar refractivity (Wildman–Crippen MR) is 117 cm³/mol. The Kier molecular flexibility index (Phi) is 4.71. The summed E-state index contributed by atoms with van der Waals surface area (Å²) < 4.78 is 3.70. The van der Waals surface area contributed by atoms with Crippen LogP contribution >= 0.6 is 0 Å². The van der Waals surface area contributed by atoms with E-state index in [0.717, 1.165) is 34.7 Å². The van der Waals surface area contributed by atoms with Gasteiger partial charge in [-0.2, -0.15) is 5.10 Å². The fourth-order valence-electron chi connectivity index (χ4n) is 3.21. The molecule has 5 aromatic heterocycles. The van der Waals surface area contributed by atoms with Gasteiger partial charge in [0.1, 0.15) is 11.3 Å². The van der Waals surface area contributed by atoms with Crippen LogP contribution in [0.25, 0.3) is 28.4 Å². The van der Waals surface area contributed by atoms with Crippen LogP contribution in [-0.2, 0) is 13.1 Å². The predicted octanol–water partition coefficient (Wildman–Crippen LogP) is 2.68.